The van der Waals surface area contributed by atoms with Crippen LogP contribution in [0.5, 0.6) is 0 Å². The molecule has 1 fully saturated rings. The van der Waals surface area contributed by atoms with Crippen molar-refractivity contribution < 1.29 is 14.3 Å². The standard InChI is InChI=1S/C13H25N3O3/c1-12(2,3)19-11(18)16-8-6-13(14,7-9-16)10(17)15(4)5/h6-9,14H2,1-5H3. The second kappa shape index (κ2) is 5.36. The smallest absolute Gasteiger partial charge is 0.410 e. The van der Waals surface area contributed by atoms with E-state index in [2.05, 4.69) is 0 Å². The number of hydrogen-bond donors (Lipinski definition) is 1. The Bertz CT molecular complexity index is 353. The van der Waals surface area contributed by atoms with Crippen LogP contribution in [0.15, 0.2) is 0 Å². The molecule has 0 saturated carbocycles. The molecule has 0 aromatic rings. The van der Waals surface area contributed by atoms with Gasteiger partial charge in [0.05, 0.1) is 5.54 Å². The summed E-state index contributed by atoms with van der Waals surface area (Å²) in [6.45, 7) is 6.39. The number of nitrogens with zero attached hydrogens (tertiary/aromatic N) is 2. The summed E-state index contributed by atoms with van der Waals surface area (Å²) in [5.74, 6) is -0.0867. The fourth-order valence-corrected chi connectivity index (χ4v) is 2.07. The Morgan fingerprint density at radius 3 is 2.05 bits per heavy atom. The molecule has 0 bridgehead atoms. The molecular weight excluding hydrogens is 246 g/mol. The molecule has 1 aliphatic heterocycles. The van der Waals surface area contributed by atoms with Crippen molar-refractivity contribution in [1.82, 2.24) is 9.80 Å². The van der Waals surface area contributed by atoms with E-state index in [1.54, 1.807) is 19.0 Å². The van der Waals surface area contributed by atoms with Gasteiger partial charge in [0.2, 0.25) is 5.91 Å². The summed E-state index contributed by atoms with van der Waals surface area (Å²) >= 11 is 0. The van der Waals surface area contributed by atoms with Crippen LogP contribution in [-0.4, -0.2) is 60.1 Å². The first-order valence-corrected chi connectivity index (χ1v) is 6.54. The number of likely N-dealkylation sites (N-methyl/N-ethyl adjacent to an activating group) is 1. The topological polar surface area (TPSA) is 75.9 Å². The maximum atomic E-state index is 12.0. The first-order valence-electron chi connectivity index (χ1n) is 6.54. The molecule has 110 valence electrons. The van der Waals surface area contributed by atoms with Crippen molar-refractivity contribution in [3.8, 4) is 0 Å². The molecule has 0 atom stereocenters. The number of amides is 2. The minimum atomic E-state index is -0.859. The number of carbonyl (C=O) groups is 2. The van der Waals surface area contributed by atoms with Gasteiger partial charge in [-0.15, -0.1) is 0 Å². The third-order valence-electron chi connectivity index (χ3n) is 3.14. The molecule has 1 rings (SSSR count). The average Bonchev–Trinajstić information content (AvgIpc) is 2.26. The Hall–Kier alpha value is -1.30. The normalized spacial score (nSPS) is 18.9. The molecule has 0 spiro atoms. The summed E-state index contributed by atoms with van der Waals surface area (Å²) < 4.78 is 5.30. The van der Waals surface area contributed by atoms with Gasteiger partial charge < -0.3 is 20.3 Å². The van der Waals surface area contributed by atoms with Crippen LogP contribution in [0.1, 0.15) is 33.6 Å². The van der Waals surface area contributed by atoms with Gasteiger partial charge in [-0.05, 0) is 33.6 Å². The van der Waals surface area contributed by atoms with Gasteiger partial charge in [0.1, 0.15) is 5.60 Å². The highest BCUT2D eigenvalue weighted by Crippen LogP contribution is 2.23. The van der Waals surface area contributed by atoms with Gasteiger partial charge in [0.25, 0.3) is 0 Å². The molecule has 0 aromatic heterocycles. The Labute approximate surface area is 114 Å². The lowest BCUT2D eigenvalue weighted by molar-refractivity contribution is -0.136. The molecule has 1 heterocycles. The van der Waals surface area contributed by atoms with Gasteiger partial charge in [-0.3, -0.25) is 4.79 Å². The zero-order chi connectivity index (χ0) is 14.8. The van der Waals surface area contributed by atoms with Crippen LogP contribution in [0.3, 0.4) is 0 Å². The number of likely N-dealkylation sites (tertiary alicyclic amines) is 1. The highest BCUT2D eigenvalue weighted by atomic mass is 16.6. The van der Waals surface area contributed by atoms with E-state index in [4.69, 9.17) is 10.5 Å². The maximum absolute atomic E-state index is 12.0. The fourth-order valence-electron chi connectivity index (χ4n) is 2.07. The summed E-state index contributed by atoms with van der Waals surface area (Å²) in [5, 5.41) is 0. The van der Waals surface area contributed by atoms with Crippen molar-refractivity contribution in [1.29, 1.82) is 0 Å². The highest BCUT2D eigenvalue weighted by Gasteiger charge is 2.40. The van der Waals surface area contributed by atoms with E-state index in [1.165, 1.54) is 4.90 Å². The van der Waals surface area contributed by atoms with E-state index in [0.717, 1.165) is 0 Å². The molecule has 2 amide bonds. The van der Waals surface area contributed by atoms with Gasteiger partial charge in [0, 0.05) is 27.2 Å². The molecule has 0 unspecified atom stereocenters. The Morgan fingerprint density at radius 1 is 1.21 bits per heavy atom. The zero-order valence-electron chi connectivity index (χ0n) is 12.5. The lowest BCUT2D eigenvalue weighted by atomic mass is 9.87. The number of nitrogens with two attached hydrogens (primary N) is 1. The highest BCUT2D eigenvalue weighted by molar-refractivity contribution is 5.86. The van der Waals surface area contributed by atoms with E-state index in [9.17, 15) is 9.59 Å². The lowest BCUT2D eigenvalue weighted by Crippen LogP contribution is -2.60. The minimum absolute atomic E-state index is 0.0867. The SMILES string of the molecule is CN(C)C(=O)C1(N)CCN(C(=O)OC(C)(C)C)CC1. The molecular formula is C13H25N3O3. The molecule has 0 aromatic carbocycles. The number of ether oxygens (including phenoxy) is 1. The first kappa shape index (κ1) is 15.8. The van der Waals surface area contributed by atoms with E-state index in [0.29, 0.717) is 25.9 Å². The van der Waals surface area contributed by atoms with Crippen LogP contribution >= 0.6 is 0 Å². The predicted molar refractivity (Wildman–Crippen MR) is 72.7 cm³/mol. The average molecular weight is 271 g/mol. The Morgan fingerprint density at radius 2 is 1.68 bits per heavy atom. The fraction of sp³-hybridized carbons (Fsp3) is 0.846. The van der Waals surface area contributed by atoms with E-state index >= 15 is 0 Å². The molecule has 1 saturated heterocycles. The minimum Gasteiger partial charge on any atom is -0.444 e. The quantitative estimate of drug-likeness (QED) is 0.765. The van der Waals surface area contributed by atoms with Crippen molar-refractivity contribution in [3.63, 3.8) is 0 Å². The van der Waals surface area contributed by atoms with Gasteiger partial charge in [-0.1, -0.05) is 0 Å². The molecule has 1 aliphatic rings. The van der Waals surface area contributed by atoms with Gasteiger partial charge in [-0.2, -0.15) is 0 Å². The molecule has 19 heavy (non-hydrogen) atoms. The molecule has 2 N–H and O–H groups in total. The number of carbonyl (C=O) groups excluding carboxylic acids is 2. The molecule has 6 heteroatoms. The second-order valence-corrected chi connectivity index (χ2v) is 6.32. The van der Waals surface area contributed by atoms with Gasteiger partial charge in [0.15, 0.2) is 0 Å². The number of piperidine rings is 1. The van der Waals surface area contributed by atoms with Crippen molar-refractivity contribution >= 4 is 12.0 Å². The third-order valence-corrected chi connectivity index (χ3v) is 3.14. The van der Waals surface area contributed by atoms with E-state index in [-0.39, 0.29) is 12.0 Å². The van der Waals surface area contributed by atoms with Crippen LogP contribution in [-0.2, 0) is 9.53 Å². The summed E-state index contributed by atoms with van der Waals surface area (Å²) in [6.07, 6.45) is 0.582. The largest absolute Gasteiger partial charge is 0.444 e. The molecule has 0 radical (unpaired) electrons. The van der Waals surface area contributed by atoms with Crippen molar-refractivity contribution in [2.24, 2.45) is 5.73 Å². The van der Waals surface area contributed by atoms with Crippen molar-refractivity contribution in [2.45, 2.75) is 44.8 Å². The van der Waals surface area contributed by atoms with Crippen LogP contribution in [0.4, 0.5) is 4.79 Å². The van der Waals surface area contributed by atoms with Gasteiger partial charge >= 0.3 is 6.09 Å². The summed E-state index contributed by atoms with van der Waals surface area (Å²) in [7, 11) is 3.38. The molecule has 0 aliphatic carbocycles. The van der Waals surface area contributed by atoms with Crippen molar-refractivity contribution in [2.75, 3.05) is 27.2 Å². The van der Waals surface area contributed by atoms with Crippen molar-refractivity contribution in [3.05, 3.63) is 0 Å². The first-order chi connectivity index (χ1) is 8.55. The molecule has 6 nitrogen and oxygen atoms in total. The van der Waals surface area contributed by atoms with Crippen LogP contribution in [0, 0.1) is 0 Å². The van der Waals surface area contributed by atoms with E-state index in [1.807, 2.05) is 20.8 Å². The van der Waals surface area contributed by atoms with Crippen LogP contribution in [0.25, 0.3) is 0 Å². The Kier molecular flexibility index (Phi) is 4.45. The summed E-state index contributed by atoms with van der Waals surface area (Å²) in [6, 6.07) is 0. The predicted octanol–water partition coefficient (Wildman–Crippen LogP) is 0.803. The van der Waals surface area contributed by atoms with E-state index < -0.39 is 11.1 Å². The second-order valence-electron chi connectivity index (χ2n) is 6.32. The van der Waals surface area contributed by atoms with Gasteiger partial charge in [-0.25, -0.2) is 4.79 Å². The summed E-state index contributed by atoms with van der Waals surface area (Å²) in [4.78, 5) is 27.0. The van der Waals surface area contributed by atoms with Crippen LogP contribution in [0.2, 0.25) is 0 Å². The van der Waals surface area contributed by atoms with Crippen LogP contribution < -0.4 is 5.73 Å². The number of hydrogen-bond acceptors (Lipinski definition) is 4. The zero-order valence-corrected chi connectivity index (χ0v) is 12.5. The number of rotatable bonds is 1. The maximum Gasteiger partial charge on any atom is 0.410 e. The lowest BCUT2D eigenvalue weighted by Gasteiger charge is -2.39. The third kappa shape index (κ3) is 4.09. The summed E-state index contributed by atoms with van der Waals surface area (Å²) in [5.41, 5.74) is 4.76. The Balaban J connectivity index is 2.58. The monoisotopic (exact) mass is 271 g/mol.